The van der Waals surface area contributed by atoms with Crippen LogP contribution >= 0.6 is 0 Å². The van der Waals surface area contributed by atoms with Crippen molar-refractivity contribution in [3.63, 3.8) is 0 Å². The van der Waals surface area contributed by atoms with Crippen LogP contribution in [0, 0.1) is 19.8 Å². The Bertz CT molecular complexity index is 916. The van der Waals surface area contributed by atoms with Gasteiger partial charge in [-0.2, -0.15) is 4.72 Å². The third kappa shape index (κ3) is 4.68. The summed E-state index contributed by atoms with van der Waals surface area (Å²) in [7, 11) is -3.97. The van der Waals surface area contributed by atoms with Gasteiger partial charge in [-0.25, -0.2) is 8.42 Å². The van der Waals surface area contributed by atoms with Crippen LogP contribution in [0.5, 0.6) is 0 Å². The van der Waals surface area contributed by atoms with Gasteiger partial charge in [0.25, 0.3) is 0 Å². The lowest BCUT2D eigenvalue weighted by Crippen LogP contribution is -2.41. The van der Waals surface area contributed by atoms with Gasteiger partial charge in [-0.3, -0.25) is 4.79 Å². The molecule has 5 nitrogen and oxygen atoms in total. The number of carboxylic acids is 1. The SMILES string of the molecule is Cc1cc(S(=O)(=O)NC(CC(C)C)C(=O)O)c2c(C)ccc(C(C)C)cc1-2. The van der Waals surface area contributed by atoms with E-state index in [9.17, 15) is 18.3 Å². The molecule has 0 fully saturated rings. The van der Waals surface area contributed by atoms with Crippen molar-refractivity contribution in [1.82, 2.24) is 4.72 Å². The Hall–Kier alpha value is -1.92. The van der Waals surface area contributed by atoms with Crippen molar-refractivity contribution >= 4 is 16.0 Å². The number of carboxylic acid groups (broad SMARTS) is 1. The minimum absolute atomic E-state index is 0.0556. The van der Waals surface area contributed by atoms with Crippen LogP contribution in [-0.4, -0.2) is 25.5 Å². The molecule has 0 saturated carbocycles. The topological polar surface area (TPSA) is 83.5 Å². The Balaban J connectivity index is 2.58. The van der Waals surface area contributed by atoms with Gasteiger partial charge in [-0.15, -0.1) is 0 Å². The molecule has 2 rings (SSSR count). The number of aliphatic carboxylic acids is 1. The van der Waals surface area contributed by atoms with E-state index in [1.165, 1.54) is 0 Å². The first-order valence-corrected chi connectivity index (χ1v) is 10.7. The Morgan fingerprint density at radius 1 is 1.07 bits per heavy atom. The van der Waals surface area contributed by atoms with Crippen molar-refractivity contribution in [1.29, 1.82) is 0 Å². The Labute approximate surface area is 162 Å². The molecule has 148 valence electrons. The molecule has 6 heteroatoms. The van der Waals surface area contributed by atoms with E-state index in [1.807, 2.05) is 45.9 Å². The Kier molecular flexibility index (Phi) is 6.32. The molecular weight excluding hydrogens is 362 g/mol. The fourth-order valence-corrected chi connectivity index (χ4v) is 4.85. The maximum Gasteiger partial charge on any atom is 0.321 e. The van der Waals surface area contributed by atoms with Gasteiger partial charge in [0.1, 0.15) is 6.04 Å². The molecular formula is C21H29NO4S. The monoisotopic (exact) mass is 391 g/mol. The summed E-state index contributed by atoms with van der Waals surface area (Å²) in [6, 6.07) is 6.47. The van der Waals surface area contributed by atoms with Gasteiger partial charge in [-0.05, 0) is 60.4 Å². The molecule has 0 aromatic rings. The van der Waals surface area contributed by atoms with E-state index in [2.05, 4.69) is 18.6 Å². The van der Waals surface area contributed by atoms with Crippen LogP contribution in [0.1, 0.15) is 56.7 Å². The zero-order chi connectivity index (χ0) is 20.5. The molecule has 0 spiro atoms. The fourth-order valence-electron chi connectivity index (χ4n) is 3.28. The molecule has 2 aliphatic rings. The van der Waals surface area contributed by atoms with Gasteiger partial charge in [0.15, 0.2) is 0 Å². The number of hydrogen-bond donors (Lipinski definition) is 2. The summed E-state index contributed by atoms with van der Waals surface area (Å²) >= 11 is 0. The first-order valence-electron chi connectivity index (χ1n) is 9.23. The molecule has 1 unspecified atom stereocenters. The number of rotatable bonds is 7. The van der Waals surface area contributed by atoms with Crippen molar-refractivity contribution in [3.8, 4) is 11.1 Å². The lowest BCUT2D eigenvalue weighted by molar-refractivity contribution is -0.139. The zero-order valence-corrected chi connectivity index (χ0v) is 17.6. The number of aryl methyl sites for hydroxylation is 2. The second-order valence-electron chi connectivity index (χ2n) is 7.94. The van der Waals surface area contributed by atoms with Crippen molar-refractivity contribution in [2.75, 3.05) is 0 Å². The summed E-state index contributed by atoms with van der Waals surface area (Å²) in [5.41, 5.74) is 4.38. The van der Waals surface area contributed by atoms with Crippen LogP contribution < -0.4 is 4.72 Å². The van der Waals surface area contributed by atoms with Crippen LogP contribution in [0.25, 0.3) is 11.1 Å². The molecule has 2 N–H and O–H groups in total. The van der Waals surface area contributed by atoms with E-state index in [-0.39, 0.29) is 17.2 Å². The average Bonchev–Trinajstić information content (AvgIpc) is 2.76. The molecule has 0 amide bonds. The summed E-state index contributed by atoms with van der Waals surface area (Å²) in [6.45, 7) is 11.7. The first kappa shape index (κ1) is 21.4. The summed E-state index contributed by atoms with van der Waals surface area (Å²) in [5, 5.41) is 9.42. The molecule has 0 aromatic carbocycles. The number of carbonyl (C=O) groups is 1. The van der Waals surface area contributed by atoms with Crippen molar-refractivity contribution < 1.29 is 18.3 Å². The second-order valence-corrected chi connectivity index (χ2v) is 9.62. The Morgan fingerprint density at radius 2 is 1.70 bits per heavy atom. The van der Waals surface area contributed by atoms with Crippen LogP contribution in [0.15, 0.2) is 29.2 Å². The number of fused-ring (bicyclic) bond motifs is 1. The minimum Gasteiger partial charge on any atom is -0.480 e. The molecule has 0 aliphatic heterocycles. The second kappa shape index (κ2) is 7.98. The third-order valence-corrected chi connectivity index (χ3v) is 6.27. The average molecular weight is 392 g/mol. The lowest BCUT2D eigenvalue weighted by atomic mass is 10.0. The maximum atomic E-state index is 13.1. The van der Waals surface area contributed by atoms with E-state index >= 15 is 0 Å². The van der Waals surface area contributed by atoms with Crippen LogP contribution in [0.2, 0.25) is 0 Å². The minimum atomic E-state index is -3.97. The quantitative estimate of drug-likeness (QED) is 0.737. The molecule has 0 radical (unpaired) electrons. The normalized spacial score (nSPS) is 13.5. The molecule has 0 saturated heterocycles. The zero-order valence-electron chi connectivity index (χ0n) is 16.8. The number of nitrogens with one attached hydrogen (secondary N) is 1. The van der Waals surface area contributed by atoms with Crippen molar-refractivity contribution in [2.24, 2.45) is 5.92 Å². The molecule has 2 aliphatic carbocycles. The largest absolute Gasteiger partial charge is 0.480 e. The highest BCUT2D eigenvalue weighted by Crippen LogP contribution is 2.38. The molecule has 27 heavy (non-hydrogen) atoms. The predicted octanol–water partition coefficient (Wildman–Crippen LogP) is 4.31. The summed E-state index contributed by atoms with van der Waals surface area (Å²) in [5.74, 6) is -0.792. The third-order valence-electron chi connectivity index (χ3n) is 4.78. The molecule has 1 atom stereocenters. The standard InChI is InChI=1S/C21H29NO4S/c1-12(2)9-18(21(23)24)22-27(25,26)19-10-15(6)17-11-16(13(3)4)8-7-14(5)20(17)19/h7-8,10-13,18,22H,9H2,1-6H3,(H,23,24). The molecule has 0 bridgehead atoms. The van der Waals surface area contributed by atoms with Gasteiger partial charge in [0.2, 0.25) is 10.0 Å². The number of hydrogen-bond acceptors (Lipinski definition) is 3. The summed E-state index contributed by atoms with van der Waals surface area (Å²) in [6.07, 6.45) is 0.233. The molecule has 0 aromatic heterocycles. The molecule has 0 heterocycles. The maximum absolute atomic E-state index is 13.1. The smallest absolute Gasteiger partial charge is 0.321 e. The van der Waals surface area contributed by atoms with E-state index in [1.54, 1.807) is 6.07 Å². The van der Waals surface area contributed by atoms with Gasteiger partial charge >= 0.3 is 5.97 Å². The van der Waals surface area contributed by atoms with E-state index < -0.39 is 22.0 Å². The van der Waals surface area contributed by atoms with E-state index in [0.717, 1.165) is 22.3 Å². The lowest BCUT2D eigenvalue weighted by Gasteiger charge is -2.17. The number of sulfonamides is 1. The van der Waals surface area contributed by atoms with Crippen LogP contribution in [0.4, 0.5) is 0 Å². The highest BCUT2D eigenvalue weighted by molar-refractivity contribution is 7.89. The highest BCUT2D eigenvalue weighted by atomic mass is 32.2. The van der Waals surface area contributed by atoms with E-state index in [0.29, 0.717) is 11.5 Å². The van der Waals surface area contributed by atoms with Crippen LogP contribution in [0.3, 0.4) is 0 Å². The van der Waals surface area contributed by atoms with E-state index in [4.69, 9.17) is 0 Å². The van der Waals surface area contributed by atoms with Gasteiger partial charge in [0.05, 0.1) is 4.90 Å². The summed E-state index contributed by atoms with van der Waals surface area (Å²) < 4.78 is 28.5. The van der Waals surface area contributed by atoms with Crippen molar-refractivity contribution in [3.05, 3.63) is 41.0 Å². The van der Waals surface area contributed by atoms with Gasteiger partial charge in [0, 0.05) is 5.56 Å². The van der Waals surface area contributed by atoms with Crippen LogP contribution in [-0.2, 0) is 14.8 Å². The first-order chi connectivity index (χ1) is 12.4. The van der Waals surface area contributed by atoms with Crippen molar-refractivity contribution in [2.45, 2.75) is 64.8 Å². The highest BCUT2D eigenvalue weighted by Gasteiger charge is 2.30. The van der Waals surface area contributed by atoms with Gasteiger partial charge in [-0.1, -0.05) is 45.9 Å². The summed E-state index contributed by atoms with van der Waals surface area (Å²) in [4.78, 5) is 11.7. The Morgan fingerprint density at radius 3 is 2.22 bits per heavy atom. The predicted molar refractivity (Wildman–Crippen MR) is 108 cm³/mol. The fraction of sp³-hybridized carbons (Fsp3) is 0.476. The van der Waals surface area contributed by atoms with Gasteiger partial charge < -0.3 is 5.11 Å².